The van der Waals surface area contributed by atoms with Crippen LogP contribution in [0.3, 0.4) is 0 Å². The molecule has 0 saturated heterocycles. The minimum Gasteiger partial charge on any atom is -0.493 e. The zero-order valence-corrected chi connectivity index (χ0v) is 11.1. The third-order valence-corrected chi connectivity index (χ3v) is 3.49. The van der Waals surface area contributed by atoms with Gasteiger partial charge in [-0.3, -0.25) is 0 Å². The van der Waals surface area contributed by atoms with Crippen LogP contribution in [0.25, 0.3) is 0 Å². The standard InChI is InChI=1S/C15H19NO3/c1-18-15-9-11(10-16)7-8-14(15)19-13-6-4-2-3-5-12(13)17/h7-9,12-13,17H,2-6H2,1H3. The highest BCUT2D eigenvalue weighted by molar-refractivity contribution is 5.46. The minimum absolute atomic E-state index is 0.190. The van der Waals surface area contributed by atoms with Crippen LogP contribution in [0.5, 0.6) is 11.5 Å². The normalized spacial score (nSPS) is 23.2. The fourth-order valence-corrected chi connectivity index (χ4v) is 2.39. The maximum atomic E-state index is 10.1. The number of benzene rings is 1. The van der Waals surface area contributed by atoms with Crippen molar-refractivity contribution < 1.29 is 14.6 Å². The van der Waals surface area contributed by atoms with Gasteiger partial charge in [0.2, 0.25) is 0 Å². The first kappa shape index (κ1) is 13.7. The Bertz CT molecular complexity index is 467. The second-order valence-electron chi connectivity index (χ2n) is 4.84. The third kappa shape index (κ3) is 3.39. The van der Waals surface area contributed by atoms with Gasteiger partial charge in [-0.1, -0.05) is 12.8 Å². The summed E-state index contributed by atoms with van der Waals surface area (Å²) in [6.07, 6.45) is 4.27. The van der Waals surface area contributed by atoms with Crippen LogP contribution in [-0.4, -0.2) is 24.4 Å². The monoisotopic (exact) mass is 261 g/mol. The van der Waals surface area contributed by atoms with Crippen molar-refractivity contribution in [3.63, 3.8) is 0 Å². The van der Waals surface area contributed by atoms with Crippen molar-refractivity contribution >= 4 is 0 Å². The Hall–Kier alpha value is -1.73. The molecule has 0 aromatic heterocycles. The van der Waals surface area contributed by atoms with Gasteiger partial charge < -0.3 is 14.6 Å². The fraction of sp³-hybridized carbons (Fsp3) is 0.533. The molecule has 4 nitrogen and oxygen atoms in total. The van der Waals surface area contributed by atoms with Crippen molar-refractivity contribution in [3.8, 4) is 17.6 Å². The summed E-state index contributed by atoms with van der Waals surface area (Å²) in [6.45, 7) is 0. The molecule has 0 amide bonds. The maximum Gasteiger partial charge on any atom is 0.162 e. The average molecular weight is 261 g/mol. The molecule has 1 N–H and O–H groups in total. The average Bonchev–Trinajstić information content (AvgIpc) is 2.64. The highest BCUT2D eigenvalue weighted by atomic mass is 16.5. The predicted molar refractivity (Wildman–Crippen MR) is 71.2 cm³/mol. The lowest BCUT2D eigenvalue weighted by atomic mass is 10.1. The number of aliphatic hydroxyl groups excluding tert-OH is 1. The van der Waals surface area contributed by atoms with Gasteiger partial charge in [-0.25, -0.2) is 0 Å². The van der Waals surface area contributed by atoms with Gasteiger partial charge in [-0.05, 0) is 31.4 Å². The summed E-state index contributed by atoms with van der Waals surface area (Å²) < 4.78 is 11.1. The van der Waals surface area contributed by atoms with Crippen LogP contribution in [0.1, 0.15) is 37.7 Å². The van der Waals surface area contributed by atoms with Crippen molar-refractivity contribution in [1.82, 2.24) is 0 Å². The third-order valence-electron chi connectivity index (χ3n) is 3.49. The number of nitriles is 1. The Morgan fingerprint density at radius 1 is 1.21 bits per heavy atom. The van der Waals surface area contributed by atoms with Crippen molar-refractivity contribution in [2.24, 2.45) is 0 Å². The summed E-state index contributed by atoms with van der Waals surface area (Å²) in [5.74, 6) is 1.13. The topological polar surface area (TPSA) is 62.5 Å². The number of rotatable bonds is 3. The molecule has 2 unspecified atom stereocenters. The number of ether oxygens (including phenoxy) is 2. The summed E-state index contributed by atoms with van der Waals surface area (Å²) >= 11 is 0. The van der Waals surface area contributed by atoms with E-state index in [0.717, 1.165) is 32.1 Å². The second kappa shape index (κ2) is 6.44. The highest BCUT2D eigenvalue weighted by Gasteiger charge is 2.24. The molecule has 1 aromatic rings. The quantitative estimate of drug-likeness (QED) is 0.850. The maximum absolute atomic E-state index is 10.1. The first-order valence-electron chi connectivity index (χ1n) is 6.67. The van der Waals surface area contributed by atoms with E-state index >= 15 is 0 Å². The van der Waals surface area contributed by atoms with Crippen LogP contribution in [-0.2, 0) is 0 Å². The summed E-state index contributed by atoms with van der Waals surface area (Å²) in [5.41, 5.74) is 0.533. The summed E-state index contributed by atoms with van der Waals surface area (Å²) in [5, 5.41) is 18.9. The zero-order valence-electron chi connectivity index (χ0n) is 11.1. The van der Waals surface area contributed by atoms with E-state index in [4.69, 9.17) is 14.7 Å². The molecule has 0 spiro atoms. The van der Waals surface area contributed by atoms with Crippen LogP contribution < -0.4 is 9.47 Å². The molecule has 2 atom stereocenters. The van der Waals surface area contributed by atoms with Crippen LogP contribution in [0, 0.1) is 11.3 Å². The number of aliphatic hydroxyl groups is 1. The molecular formula is C15H19NO3. The molecule has 4 heteroatoms. The van der Waals surface area contributed by atoms with Gasteiger partial charge in [0.25, 0.3) is 0 Å². The van der Waals surface area contributed by atoms with Crippen LogP contribution in [0.4, 0.5) is 0 Å². The number of hydrogen-bond donors (Lipinski definition) is 1. The van der Waals surface area contributed by atoms with Crippen LogP contribution >= 0.6 is 0 Å². The van der Waals surface area contributed by atoms with Gasteiger partial charge in [-0.2, -0.15) is 5.26 Å². The Balaban J connectivity index is 2.15. The molecule has 19 heavy (non-hydrogen) atoms. The number of methoxy groups -OCH3 is 1. The Kier molecular flexibility index (Phi) is 4.64. The summed E-state index contributed by atoms with van der Waals surface area (Å²) in [6, 6.07) is 7.14. The molecule has 1 aromatic carbocycles. The molecule has 0 radical (unpaired) electrons. The molecule has 1 saturated carbocycles. The van der Waals surface area contributed by atoms with Gasteiger partial charge in [0, 0.05) is 6.07 Å². The molecule has 1 fully saturated rings. The zero-order chi connectivity index (χ0) is 13.7. The van der Waals surface area contributed by atoms with Crippen molar-refractivity contribution in [3.05, 3.63) is 23.8 Å². The Morgan fingerprint density at radius 2 is 2.00 bits per heavy atom. The van der Waals surface area contributed by atoms with Crippen LogP contribution in [0.15, 0.2) is 18.2 Å². The number of hydrogen-bond acceptors (Lipinski definition) is 4. The molecular weight excluding hydrogens is 242 g/mol. The molecule has 1 aliphatic carbocycles. The minimum atomic E-state index is -0.428. The van der Waals surface area contributed by atoms with Crippen molar-refractivity contribution in [2.75, 3.05) is 7.11 Å². The first-order valence-corrected chi connectivity index (χ1v) is 6.67. The first-order chi connectivity index (χ1) is 9.24. The fourth-order valence-electron chi connectivity index (χ4n) is 2.39. The van der Waals surface area contributed by atoms with Crippen molar-refractivity contribution in [1.29, 1.82) is 5.26 Å². The molecule has 102 valence electrons. The molecule has 2 rings (SSSR count). The van der Waals surface area contributed by atoms with Gasteiger partial charge in [0.15, 0.2) is 11.5 Å². The molecule has 0 aliphatic heterocycles. The van der Waals surface area contributed by atoms with Gasteiger partial charge in [0.1, 0.15) is 6.10 Å². The molecule has 1 aliphatic rings. The van der Waals surface area contributed by atoms with E-state index in [-0.39, 0.29) is 6.10 Å². The van der Waals surface area contributed by atoms with Gasteiger partial charge >= 0.3 is 0 Å². The molecule has 0 bridgehead atoms. The Morgan fingerprint density at radius 3 is 2.74 bits per heavy atom. The van der Waals surface area contributed by atoms with E-state index in [1.165, 1.54) is 0 Å². The van der Waals surface area contributed by atoms with E-state index in [0.29, 0.717) is 17.1 Å². The van der Waals surface area contributed by atoms with Gasteiger partial charge in [0.05, 0.1) is 24.8 Å². The van der Waals surface area contributed by atoms with E-state index in [9.17, 15) is 5.11 Å². The number of nitrogens with zero attached hydrogens (tertiary/aromatic N) is 1. The van der Waals surface area contributed by atoms with Crippen LogP contribution in [0.2, 0.25) is 0 Å². The van der Waals surface area contributed by atoms with Gasteiger partial charge in [-0.15, -0.1) is 0 Å². The van der Waals surface area contributed by atoms with E-state index in [1.54, 1.807) is 25.3 Å². The smallest absolute Gasteiger partial charge is 0.162 e. The van der Waals surface area contributed by atoms with E-state index < -0.39 is 6.10 Å². The van der Waals surface area contributed by atoms with Crippen molar-refractivity contribution in [2.45, 2.75) is 44.3 Å². The SMILES string of the molecule is COc1cc(C#N)ccc1OC1CCCCCC1O. The highest BCUT2D eigenvalue weighted by Crippen LogP contribution is 2.31. The largest absolute Gasteiger partial charge is 0.493 e. The lowest BCUT2D eigenvalue weighted by Crippen LogP contribution is -2.30. The summed E-state index contributed by atoms with van der Waals surface area (Å²) in [7, 11) is 1.55. The molecule has 0 heterocycles. The van der Waals surface area contributed by atoms with E-state index in [1.807, 2.05) is 0 Å². The lowest BCUT2D eigenvalue weighted by molar-refractivity contribution is 0.0305. The second-order valence-corrected chi connectivity index (χ2v) is 4.84. The lowest BCUT2D eigenvalue weighted by Gasteiger charge is -2.23. The predicted octanol–water partition coefficient (Wildman–Crippen LogP) is 2.64. The summed E-state index contributed by atoms with van der Waals surface area (Å²) in [4.78, 5) is 0. The Labute approximate surface area is 113 Å². The van der Waals surface area contributed by atoms with E-state index in [2.05, 4.69) is 6.07 Å².